The molecule has 0 bridgehead atoms. The summed E-state index contributed by atoms with van der Waals surface area (Å²) in [5.41, 5.74) is 1.02. The quantitative estimate of drug-likeness (QED) is 0.559. The smallest absolute Gasteiger partial charge is 0.239 e. The van der Waals surface area contributed by atoms with E-state index in [4.69, 9.17) is 4.74 Å². The van der Waals surface area contributed by atoms with Crippen molar-refractivity contribution in [3.05, 3.63) is 11.9 Å². The van der Waals surface area contributed by atoms with Crippen LogP contribution in [-0.4, -0.2) is 49.2 Å². The Bertz CT molecular complexity index is 439. The Kier molecular flexibility index (Phi) is 8.11. The van der Waals surface area contributed by atoms with Crippen molar-refractivity contribution in [1.82, 2.24) is 15.3 Å². The summed E-state index contributed by atoms with van der Waals surface area (Å²) >= 11 is 0. The fourth-order valence-corrected chi connectivity index (χ4v) is 1.89. The van der Waals surface area contributed by atoms with E-state index in [0.29, 0.717) is 19.0 Å². The second kappa shape index (κ2) is 9.93. The maximum Gasteiger partial charge on any atom is 0.239 e. The van der Waals surface area contributed by atoms with Crippen LogP contribution in [0.2, 0.25) is 0 Å². The van der Waals surface area contributed by atoms with Crippen molar-refractivity contribution in [2.45, 2.75) is 26.7 Å². The summed E-state index contributed by atoms with van der Waals surface area (Å²) in [4.78, 5) is 20.2. The van der Waals surface area contributed by atoms with E-state index < -0.39 is 0 Å². The maximum atomic E-state index is 11.7. The summed E-state index contributed by atoms with van der Waals surface area (Å²) in [5, 5.41) is 9.06. The van der Waals surface area contributed by atoms with Crippen molar-refractivity contribution in [3.63, 3.8) is 0 Å². The van der Waals surface area contributed by atoms with Crippen molar-refractivity contribution in [1.29, 1.82) is 0 Å². The van der Waals surface area contributed by atoms with Crippen molar-refractivity contribution in [2.75, 3.05) is 44.0 Å². The third-order valence-corrected chi connectivity index (χ3v) is 2.83. The highest BCUT2D eigenvalue weighted by Crippen LogP contribution is 2.21. The molecule has 3 N–H and O–H groups in total. The van der Waals surface area contributed by atoms with E-state index in [-0.39, 0.29) is 12.5 Å². The van der Waals surface area contributed by atoms with Crippen LogP contribution in [-0.2, 0) is 16.0 Å². The minimum atomic E-state index is -0.0851. The lowest BCUT2D eigenvalue weighted by atomic mass is 10.1. The number of carbonyl (C=O) groups excluding carboxylic acids is 1. The largest absolute Gasteiger partial charge is 0.383 e. The van der Waals surface area contributed by atoms with Gasteiger partial charge in [-0.3, -0.25) is 4.79 Å². The predicted octanol–water partition coefficient (Wildman–Crippen LogP) is 1.04. The Morgan fingerprint density at radius 2 is 1.95 bits per heavy atom. The molecule has 1 aromatic rings. The first-order valence-corrected chi connectivity index (χ1v) is 7.30. The molecule has 7 heteroatoms. The molecular weight excluding hydrogens is 270 g/mol. The number of rotatable bonds is 10. The first-order chi connectivity index (χ1) is 10.2. The Morgan fingerprint density at radius 3 is 2.57 bits per heavy atom. The van der Waals surface area contributed by atoms with Crippen molar-refractivity contribution >= 4 is 17.5 Å². The summed E-state index contributed by atoms with van der Waals surface area (Å²) in [6.45, 7) is 6.11. The fourth-order valence-electron chi connectivity index (χ4n) is 1.89. The number of anilines is 2. The number of amides is 1. The average Bonchev–Trinajstić information content (AvgIpc) is 2.48. The molecule has 21 heavy (non-hydrogen) atoms. The Morgan fingerprint density at radius 1 is 1.24 bits per heavy atom. The molecule has 0 aromatic carbocycles. The minimum Gasteiger partial charge on any atom is -0.383 e. The van der Waals surface area contributed by atoms with Crippen molar-refractivity contribution in [2.24, 2.45) is 0 Å². The molecular formula is C14H25N5O2. The number of nitrogens with zero attached hydrogens (tertiary/aromatic N) is 2. The van der Waals surface area contributed by atoms with Gasteiger partial charge >= 0.3 is 0 Å². The molecule has 0 atom stereocenters. The van der Waals surface area contributed by atoms with Gasteiger partial charge in [0.15, 0.2) is 0 Å². The normalized spacial score (nSPS) is 10.2. The monoisotopic (exact) mass is 295 g/mol. The van der Waals surface area contributed by atoms with Gasteiger partial charge in [-0.15, -0.1) is 0 Å². The molecule has 0 aliphatic carbocycles. The third kappa shape index (κ3) is 5.95. The van der Waals surface area contributed by atoms with E-state index in [9.17, 15) is 4.79 Å². The molecule has 1 rings (SSSR count). The Hall–Kier alpha value is -1.89. The maximum absolute atomic E-state index is 11.7. The Balaban J connectivity index is 2.64. The van der Waals surface area contributed by atoms with Gasteiger partial charge in [-0.05, 0) is 13.3 Å². The summed E-state index contributed by atoms with van der Waals surface area (Å²) in [7, 11) is 1.60. The summed E-state index contributed by atoms with van der Waals surface area (Å²) in [6, 6.07) is 0. The summed E-state index contributed by atoms with van der Waals surface area (Å²) < 4.78 is 4.88. The number of methoxy groups -OCH3 is 1. The van der Waals surface area contributed by atoms with Gasteiger partial charge in [-0.2, -0.15) is 0 Å². The van der Waals surface area contributed by atoms with Gasteiger partial charge < -0.3 is 20.7 Å². The minimum absolute atomic E-state index is 0.0851. The van der Waals surface area contributed by atoms with Crippen LogP contribution in [0.4, 0.5) is 11.6 Å². The molecule has 0 saturated heterocycles. The van der Waals surface area contributed by atoms with Gasteiger partial charge in [0.1, 0.15) is 18.0 Å². The molecule has 0 spiro atoms. The van der Waals surface area contributed by atoms with E-state index in [1.54, 1.807) is 7.11 Å². The van der Waals surface area contributed by atoms with E-state index in [1.807, 2.05) is 6.92 Å². The predicted molar refractivity (Wildman–Crippen MR) is 83.6 cm³/mol. The molecule has 0 fully saturated rings. The Labute approximate surface area is 125 Å². The number of carbonyl (C=O) groups is 1. The lowest BCUT2D eigenvalue weighted by Gasteiger charge is -2.14. The third-order valence-electron chi connectivity index (χ3n) is 2.83. The van der Waals surface area contributed by atoms with Crippen LogP contribution in [0.1, 0.15) is 25.8 Å². The molecule has 0 radical (unpaired) electrons. The zero-order chi connectivity index (χ0) is 15.5. The average molecular weight is 295 g/mol. The van der Waals surface area contributed by atoms with Crippen LogP contribution in [0.5, 0.6) is 0 Å². The number of ether oxygens (including phenoxy) is 1. The zero-order valence-corrected chi connectivity index (χ0v) is 13.0. The molecule has 0 aliphatic heterocycles. The molecule has 118 valence electrons. The molecule has 0 unspecified atom stereocenters. The summed E-state index contributed by atoms with van der Waals surface area (Å²) in [5.74, 6) is 1.46. The van der Waals surface area contributed by atoms with E-state index in [0.717, 1.165) is 30.8 Å². The molecule has 1 aromatic heterocycles. The van der Waals surface area contributed by atoms with Gasteiger partial charge in [-0.25, -0.2) is 9.97 Å². The van der Waals surface area contributed by atoms with Gasteiger partial charge in [0.05, 0.1) is 13.2 Å². The highest BCUT2D eigenvalue weighted by molar-refractivity contribution is 5.80. The van der Waals surface area contributed by atoms with Gasteiger partial charge in [0.2, 0.25) is 5.91 Å². The molecule has 1 heterocycles. The van der Waals surface area contributed by atoms with Crippen LogP contribution >= 0.6 is 0 Å². The first kappa shape index (κ1) is 17.2. The number of nitrogens with one attached hydrogen (secondary N) is 3. The summed E-state index contributed by atoms with van der Waals surface area (Å²) in [6.07, 6.45) is 3.35. The second-order valence-corrected chi connectivity index (χ2v) is 4.53. The first-order valence-electron chi connectivity index (χ1n) is 7.30. The lowest BCUT2D eigenvalue weighted by molar-refractivity contribution is -0.119. The molecule has 7 nitrogen and oxygen atoms in total. The SMILES string of the molecule is CCCc1c(NCC)ncnc1NCC(=O)NCCOC. The van der Waals surface area contributed by atoms with E-state index >= 15 is 0 Å². The highest BCUT2D eigenvalue weighted by Gasteiger charge is 2.11. The highest BCUT2D eigenvalue weighted by atomic mass is 16.5. The number of aromatic nitrogens is 2. The zero-order valence-electron chi connectivity index (χ0n) is 13.0. The van der Waals surface area contributed by atoms with Crippen molar-refractivity contribution in [3.8, 4) is 0 Å². The standard InChI is InChI=1S/C14H25N5O2/c1-4-6-11-13(15-5-2)18-10-19-14(11)17-9-12(20)16-7-8-21-3/h10H,4-9H2,1-3H3,(H,16,20)(H2,15,17,18,19). The number of hydrogen-bond donors (Lipinski definition) is 3. The van der Waals surface area contributed by atoms with Crippen LogP contribution < -0.4 is 16.0 Å². The van der Waals surface area contributed by atoms with Crippen molar-refractivity contribution < 1.29 is 9.53 Å². The van der Waals surface area contributed by atoms with Gasteiger partial charge in [0.25, 0.3) is 0 Å². The van der Waals surface area contributed by atoms with E-state index in [2.05, 4.69) is 32.8 Å². The topological polar surface area (TPSA) is 88.2 Å². The number of hydrogen-bond acceptors (Lipinski definition) is 6. The molecule has 1 amide bonds. The molecule has 0 aliphatic rings. The van der Waals surface area contributed by atoms with Crippen LogP contribution in [0.15, 0.2) is 6.33 Å². The fraction of sp³-hybridized carbons (Fsp3) is 0.643. The van der Waals surface area contributed by atoms with Crippen LogP contribution in [0.25, 0.3) is 0 Å². The second-order valence-electron chi connectivity index (χ2n) is 4.53. The van der Waals surface area contributed by atoms with E-state index in [1.165, 1.54) is 6.33 Å². The molecule has 0 saturated carbocycles. The van der Waals surface area contributed by atoms with Gasteiger partial charge in [0, 0.05) is 25.8 Å². The van der Waals surface area contributed by atoms with Crippen LogP contribution in [0.3, 0.4) is 0 Å². The lowest BCUT2D eigenvalue weighted by Crippen LogP contribution is -2.32. The van der Waals surface area contributed by atoms with Crippen LogP contribution in [0, 0.1) is 0 Å². The van der Waals surface area contributed by atoms with Gasteiger partial charge in [-0.1, -0.05) is 13.3 Å².